The van der Waals surface area contributed by atoms with Crippen LogP contribution in [0.25, 0.3) is 0 Å². The van der Waals surface area contributed by atoms with Gasteiger partial charge >= 0.3 is 0 Å². The summed E-state index contributed by atoms with van der Waals surface area (Å²) in [4.78, 5) is 0. The number of benzene rings is 1. The van der Waals surface area contributed by atoms with Crippen LogP contribution in [0.1, 0.15) is 38.2 Å². The van der Waals surface area contributed by atoms with Crippen LogP contribution >= 0.6 is 0 Å². The number of hydrogen-bond donors (Lipinski definition) is 2. The summed E-state index contributed by atoms with van der Waals surface area (Å²) >= 11 is 0. The molecule has 0 heterocycles. The van der Waals surface area contributed by atoms with E-state index in [0.29, 0.717) is 12.5 Å². The third-order valence-electron chi connectivity index (χ3n) is 3.01. The predicted molar refractivity (Wildman–Crippen MR) is 71.7 cm³/mol. The van der Waals surface area contributed by atoms with Crippen LogP contribution in [-0.4, -0.2) is 19.3 Å². The van der Waals surface area contributed by atoms with Gasteiger partial charge in [0.15, 0.2) is 0 Å². The Labute approximate surface area is 104 Å². The molecule has 0 aliphatic rings. The number of hydrogen-bond acceptors (Lipinski definition) is 3. The third kappa shape index (κ3) is 4.46. The zero-order chi connectivity index (χ0) is 12.5. The molecule has 17 heavy (non-hydrogen) atoms. The number of hydrazine groups is 1. The number of ether oxygens (including phenoxy) is 1. The smallest absolute Gasteiger partial charge is 0.0639 e. The summed E-state index contributed by atoms with van der Waals surface area (Å²) in [6.45, 7) is 5.75. The van der Waals surface area contributed by atoms with E-state index in [4.69, 9.17) is 10.6 Å². The van der Waals surface area contributed by atoms with Gasteiger partial charge in [0.2, 0.25) is 0 Å². The Morgan fingerprint density at radius 2 is 1.94 bits per heavy atom. The van der Waals surface area contributed by atoms with Gasteiger partial charge in [-0.25, -0.2) is 0 Å². The first-order valence-corrected chi connectivity index (χ1v) is 6.42. The van der Waals surface area contributed by atoms with Crippen LogP contribution in [0.15, 0.2) is 30.3 Å². The normalized spacial score (nSPS) is 14.5. The van der Waals surface area contributed by atoms with Crippen molar-refractivity contribution in [3.63, 3.8) is 0 Å². The van der Waals surface area contributed by atoms with E-state index in [1.807, 2.05) is 6.07 Å². The lowest BCUT2D eigenvalue weighted by Crippen LogP contribution is -2.43. The largest absolute Gasteiger partial charge is 0.380 e. The van der Waals surface area contributed by atoms with Crippen molar-refractivity contribution in [2.75, 3.05) is 13.2 Å². The van der Waals surface area contributed by atoms with Gasteiger partial charge < -0.3 is 4.74 Å². The first-order valence-electron chi connectivity index (χ1n) is 6.42. The molecule has 0 aliphatic heterocycles. The lowest BCUT2D eigenvalue weighted by atomic mass is 9.90. The SMILES string of the molecule is CCCOCC(NN)C(CC)c1ccccc1. The fraction of sp³-hybridized carbons (Fsp3) is 0.571. The second-order valence-electron chi connectivity index (χ2n) is 4.27. The summed E-state index contributed by atoms with van der Waals surface area (Å²) in [7, 11) is 0. The highest BCUT2D eigenvalue weighted by Crippen LogP contribution is 2.23. The van der Waals surface area contributed by atoms with Crippen molar-refractivity contribution in [1.29, 1.82) is 0 Å². The molecule has 0 spiro atoms. The van der Waals surface area contributed by atoms with Crippen LogP contribution < -0.4 is 11.3 Å². The van der Waals surface area contributed by atoms with Crippen LogP contribution in [-0.2, 0) is 4.74 Å². The van der Waals surface area contributed by atoms with Gasteiger partial charge in [-0.05, 0) is 18.4 Å². The fourth-order valence-corrected chi connectivity index (χ4v) is 2.09. The predicted octanol–water partition coefficient (Wildman–Crippen LogP) is 2.44. The Hall–Kier alpha value is -0.900. The van der Waals surface area contributed by atoms with Crippen LogP contribution in [0.5, 0.6) is 0 Å². The van der Waals surface area contributed by atoms with Crippen molar-refractivity contribution < 1.29 is 4.74 Å². The Morgan fingerprint density at radius 1 is 1.24 bits per heavy atom. The molecule has 1 aromatic carbocycles. The van der Waals surface area contributed by atoms with E-state index >= 15 is 0 Å². The molecular formula is C14H24N2O. The summed E-state index contributed by atoms with van der Waals surface area (Å²) in [5.41, 5.74) is 4.20. The molecule has 0 aliphatic carbocycles. The van der Waals surface area contributed by atoms with Gasteiger partial charge in [-0.15, -0.1) is 0 Å². The average molecular weight is 236 g/mol. The molecule has 0 bridgehead atoms. The minimum absolute atomic E-state index is 0.175. The second kappa shape index (κ2) is 8.23. The Morgan fingerprint density at radius 3 is 2.47 bits per heavy atom. The lowest BCUT2D eigenvalue weighted by Gasteiger charge is -2.26. The third-order valence-corrected chi connectivity index (χ3v) is 3.01. The van der Waals surface area contributed by atoms with Crippen molar-refractivity contribution >= 4 is 0 Å². The number of nitrogens with one attached hydrogen (secondary N) is 1. The molecular weight excluding hydrogens is 212 g/mol. The topological polar surface area (TPSA) is 47.3 Å². The molecule has 0 amide bonds. The van der Waals surface area contributed by atoms with Crippen molar-refractivity contribution in [3.8, 4) is 0 Å². The standard InChI is InChI=1S/C14H24N2O/c1-3-10-17-11-14(16-15)13(4-2)12-8-6-5-7-9-12/h5-9,13-14,16H,3-4,10-11,15H2,1-2H3. The first-order chi connectivity index (χ1) is 8.33. The van der Waals surface area contributed by atoms with E-state index in [1.54, 1.807) is 0 Å². The summed E-state index contributed by atoms with van der Waals surface area (Å²) < 4.78 is 5.60. The molecule has 2 unspecified atom stereocenters. The molecule has 96 valence electrons. The van der Waals surface area contributed by atoms with Crippen molar-refractivity contribution in [2.45, 2.75) is 38.6 Å². The average Bonchev–Trinajstić information content (AvgIpc) is 2.39. The zero-order valence-electron chi connectivity index (χ0n) is 10.9. The lowest BCUT2D eigenvalue weighted by molar-refractivity contribution is 0.103. The molecule has 3 nitrogen and oxygen atoms in total. The quantitative estimate of drug-likeness (QED) is 0.414. The van der Waals surface area contributed by atoms with E-state index in [9.17, 15) is 0 Å². The molecule has 0 aromatic heterocycles. The summed E-state index contributed by atoms with van der Waals surface area (Å²) in [6.07, 6.45) is 2.09. The minimum Gasteiger partial charge on any atom is -0.380 e. The Kier molecular flexibility index (Phi) is 6.86. The maximum Gasteiger partial charge on any atom is 0.0639 e. The second-order valence-corrected chi connectivity index (χ2v) is 4.27. The molecule has 1 rings (SSSR count). The van der Waals surface area contributed by atoms with E-state index in [0.717, 1.165) is 19.4 Å². The highest BCUT2D eigenvalue weighted by atomic mass is 16.5. The molecule has 3 N–H and O–H groups in total. The van der Waals surface area contributed by atoms with Crippen molar-refractivity contribution in [3.05, 3.63) is 35.9 Å². The molecule has 2 atom stereocenters. The maximum absolute atomic E-state index is 5.64. The monoisotopic (exact) mass is 236 g/mol. The van der Waals surface area contributed by atoms with Gasteiger partial charge in [0.25, 0.3) is 0 Å². The van der Waals surface area contributed by atoms with Crippen LogP contribution in [0.4, 0.5) is 0 Å². The van der Waals surface area contributed by atoms with Gasteiger partial charge in [-0.1, -0.05) is 44.2 Å². The highest BCUT2D eigenvalue weighted by molar-refractivity contribution is 5.21. The molecule has 1 aromatic rings. The summed E-state index contributed by atoms with van der Waals surface area (Å²) in [5, 5.41) is 0. The minimum atomic E-state index is 0.175. The summed E-state index contributed by atoms with van der Waals surface area (Å²) in [6, 6.07) is 10.6. The first kappa shape index (κ1) is 14.2. The van der Waals surface area contributed by atoms with E-state index in [2.05, 4.69) is 43.5 Å². The fourth-order valence-electron chi connectivity index (χ4n) is 2.09. The van der Waals surface area contributed by atoms with Crippen LogP contribution in [0.3, 0.4) is 0 Å². The van der Waals surface area contributed by atoms with E-state index < -0.39 is 0 Å². The number of rotatable bonds is 8. The number of nitrogens with two attached hydrogens (primary N) is 1. The molecule has 0 saturated carbocycles. The van der Waals surface area contributed by atoms with Gasteiger partial charge in [-0.2, -0.15) is 0 Å². The van der Waals surface area contributed by atoms with Crippen LogP contribution in [0.2, 0.25) is 0 Å². The van der Waals surface area contributed by atoms with Gasteiger partial charge in [0, 0.05) is 12.5 Å². The van der Waals surface area contributed by atoms with Gasteiger partial charge in [0.05, 0.1) is 12.6 Å². The zero-order valence-corrected chi connectivity index (χ0v) is 10.9. The Bertz CT molecular complexity index is 290. The van der Waals surface area contributed by atoms with Gasteiger partial charge in [-0.3, -0.25) is 11.3 Å². The molecule has 0 saturated heterocycles. The molecule has 3 heteroatoms. The van der Waals surface area contributed by atoms with Gasteiger partial charge in [0.1, 0.15) is 0 Å². The maximum atomic E-state index is 5.64. The molecule has 0 fully saturated rings. The molecule has 0 radical (unpaired) electrons. The van der Waals surface area contributed by atoms with Crippen molar-refractivity contribution in [2.24, 2.45) is 5.84 Å². The van der Waals surface area contributed by atoms with E-state index in [-0.39, 0.29) is 6.04 Å². The van der Waals surface area contributed by atoms with Crippen molar-refractivity contribution in [1.82, 2.24) is 5.43 Å². The highest BCUT2D eigenvalue weighted by Gasteiger charge is 2.20. The summed E-state index contributed by atoms with van der Waals surface area (Å²) in [5.74, 6) is 6.04. The van der Waals surface area contributed by atoms with Crippen LogP contribution in [0, 0.1) is 0 Å². The van der Waals surface area contributed by atoms with E-state index in [1.165, 1.54) is 5.56 Å². The Balaban J connectivity index is 2.63.